The summed E-state index contributed by atoms with van der Waals surface area (Å²) in [6, 6.07) is 9.18. The molecule has 0 bridgehead atoms. The highest BCUT2D eigenvalue weighted by molar-refractivity contribution is 7.93. The number of ether oxygens (including phenoxy) is 1. The van der Waals surface area contributed by atoms with Gasteiger partial charge in [-0.2, -0.15) is 0 Å². The van der Waals surface area contributed by atoms with E-state index >= 15 is 0 Å². The normalized spacial score (nSPS) is 29.3. The van der Waals surface area contributed by atoms with Gasteiger partial charge in [0.05, 0.1) is 11.5 Å². The molecule has 1 aliphatic heterocycles. The van der Waals surface area contributed by atoms with Gasteiger partial charge in [-0.05, 0) is 67.5 Å². The van der Waals surface area contributed by atoms with E-state index in [1.807, 2.05) is 42.5 Å². The summed E-state index contributed by atoms with van der Waals surface area (Å²) in [6.45, 7) is 0.489. The van der Waals surface area contributed by atoms with Gasteiger partial charge >= 0.3 is 0 Å². The van der Waals surface area contributed by atoms with Crippen molar-refractivity contribution in [2.75, 3.05) is 6.61 Å². The molecule has 0 radical (unpaired) electrons. The molecule has 1 saturated heterocycles. The summed E-state index contributed by atoms with van der Waals surface area (Å²) < 4.78 is 35.0. The molecule has 1 heterocycles. The van der Waals surface area contributed by atoms with Crippen LogP contribution in [0.25, 0.3) is 0 Å². The van der Waals surface area contributed by atoms with E-state index in [-0.39, 0.29) is 11.3 Å². The highest BCUT2D eigenvalue weighted by Crippen LogP contribution is 2.62. The van der Waals surface area contributed by atoms with Gasteiger partial charge in [-0.3, -0.25) is 0 Å². The first-order valence-corrected chi connectivity index (χ1v) is 15.3. The first-order chi connectivity index (χ1) is 17.1. The molecule has 5 rings (SSSR count). The number of rotatable bonds is 2. The smallest absolute Gasteiger partial charge is 0.188 e. The van der Waals surface area contributed by atoms with Gasteiger partial charge < -0.3 is 4.74 Å². The third-order valence-electron chi connectivity index (χ3n) is 9.21. The van der Waals surface area contributed by atoms with Crippen LogP contribution in [-0.4, -0.2) is 19.8 Å². The first-order valence-electron chi connectivity index (χ1n) is 13.9. The quantitative estimate of drug-likeness (QED) is 0.395. The lowest BCUT2D eigenvalue weighted by molar-refractivity contribution is -0.0243. The SMILES string of the molecule is O=S(=O)(c1ccccc1)C12CCCC3(CCCCCCCCCCC3)C1COC1=CC=C=CC=C12. The maximum Gasteiger partial charge on any atom is 0.188 e. The zero-order chi connectivity index (χ0) is 24.2. The lowest BCUT2D eigenvalue weighted by Gasteiger charge is -2.57. The minimum atomic E-state index is -3.65. The molecule has 188 valence electrons. The molecule has 2 saturated carbocycles. The molecule has 0 amide bonds. The summed E-state index contributed by atoms with van der Waals surface area (Å²) in [5.74, 6) is 0.680. The number of benzene rings is 1. The van der Waals surface area contributed by atoms with Crippen molar-refractivity contribution in [2.45, 2.75) is 99.5 Å². The number of hydrogen-bond donors (Lipinski definition) is 0. The van der Waals surface area contributed by atoms with Crippen LogP contribution >= 0.6 is 0 Å². The van der Waals surface area contributed by atoms with Crippen molar-refractivity contribution >= 4 is 9.84 Å². The van der Waals surface area contributed by atoms with Crippen molar-refractivity contribution in [1.82, 2.24) is 0 Å². The summed E-state index contributed by atoms with van der Waals surface area (Å²) in [5.41, 5.74) is 4.01. The minimum absolute atomic E-state index is 0.00904. The lowest BCUT2D eigenvalue weighted by Crippen LogP contribution is -2.60. The molecular formula is C31H40O3S. The summed E-state index contributed by atoms with van der Waals surface area (Å²) in [7, 11) is -3.65. The maximum absolute atomic E-state index is 14.7. The predicted octanol–water partition coefficient (Wildman–Crippen LogP) is 7.86. The third kappa shape index (κ3) is 4.49. The van der Waals surface area contributed by atoms with Gasteiger partial charge in [0.15, 0.2) is 9.84 Å². The molecule has 0 N–H and O–H groups in total. The van der Waals surface area contributed by atoms with Crippen molar-refractivity contribution in [3.63, 3.8) is 0 Å². The second kappa shape index (κ2) is 10.5. The third-order valence-corrected chi connectivity index (χ3v) is 11.8. The Morgan fingerprint density at radius 3 is 2.03 bits per heavy atom. The molecule has 1 spiro atoms. The molecule has 1 aromatic rings. The van der Waals surface area contributed by atoms with Gasteiger partial charge in [0.25, 0.3) is 0 Å². The Labute approximate surface area is 212 Å². The fraction of sp³-hybridized carbons (Fsp3) is 0.581. The van der Waals surface area contributed by atoms with Crippen molar-refractivity contribution in [3.05, 3.63) is 71.7 Å². The molecule has 0 aromatic heterocycles. The van der Waals surface area contributed by atoms with Gasteiger partial charge in [-0.25, -0.2) is 8.42 Å². The van der Waals surface area contributed by atoms with Gasteiger partial charge in [0, 0.05) is 11.5 Å². The van der Waals surface area contributed by atoms with Gasteiger partial charge in [-0.15, -0.1) is 5.73 Å². The lowest BCUT2D eigenvalue weighted by atomic mass is 9.55. The Morgan fingerprint density at radius 2 is 1.34 bits per heavy atom. The molecule has 4 heteroatoms. The monoisotopic (exact) mass is 492 g/mol. The topological polar surface area (TPSA) is 43.4 Å². The van der Waals surface area contributed by atoms with E-state index in [9.17, 15) is 8.42 Å². The Hall–Kier alpha value is -2.03. The molecule has 3 aliphatic carbocycles. The van der Waals surface area contributed by atoms with E-state index in [0.717, 1.165) is 31.3 Å². The Morgan fingerprint density at radius 1 is 0.743 bits per heavy atom. The van der Waals surface area contributed by atoms with E-state index in [1.54, 1.807) is 12.1 Å². The second-order valence-electron chi connectivity index (χ2n) is 11.1. The predicted molar refractivity (Wildman–Crippen MR) is 142 cm³/mol. The first kappa shape index (κ1) is 24.7. The molecule has 3 fully saturated rings. The number of hydrogen-bond acceptors (Lipinski definition) is 3. The van der Waals surface area contributed by atoms with Crippen molar-refractivity contribution in [2.24, 2.45) is 11.3 Å². The van der Waals surface area contributed by atoms with Gasteiger partial charge in [0.1, 0.15) is 10.5 Å². The average Bonchev–Trinajstić information content (AvgIpc) is 3.13. The van der Waals surface area contributed by atoms with Crippen LogP contribution in [-0.2, 0) is 14.6 Å². The van der Waals surface area contributed by atoms with Crippen LogP contribution in [0.1, 0.15) is 89.9 Å². The van der Waals surface area contributed by atoms with E-state index in [2.05, 4.69) is 5.73 Å². The van der Waals surface area contributed by atoms with Crippen molar-refractivity contribution in [3.8, 4) is 0 Å². The molecule has 2 atom stereocenters. The number of fused-ring (bicyclic) bond motifs is 4. The Balaban J connectivity index is 1.63. The summed E-state index contributed by atoms with van der Waals surface area (Å²) >= 11 is 0. The van der Waals surface area contributed by atoms with Crippen molar-refractivity contribution in [1.29, 1.82) is 0 Å². The van der Waals surface area contributed by atoms with Crippen LogP contribution in [0, 0.1) is 11.3 Å². The highest BCUT2D eigenvalue weighted by Gasteiger charge is 2.64. The van der Waals surface area contributed by atoms with Gasteiger partial charge in [0.2, 0.25) is 0 Å². The fourth-order valence-electron chi connectivity index (χ4n) is 7.50. The van der Waals surface area contributed by atoms with Crippen LogP contribution in [0.2, 0.25) is 0 Å². The standard InChI is InChI=1S/C31H40O3S/c32-35(33,26-17-10-8-11-18-26)31-24-16-23-30(21-14-6-4-2-1-3-5-7-15-22-30)29(31)25-34-28-20-13-9-12-19-27(28)31/h8,10-13,17-20,29H,1-7,14-16,21-25H2. The minimum Gasteiger partial charge on any atom is -0.493 e. The summed E-state index contributed by atoms with van der Waals surface area (Å²) in [4.78, 5) is 0.443. The van der Waals surface area contributed by atoms with E-state index in [0.29, 0.717) is 23.7 Å². The average molecular weight is 493 g/mol. The summed E-state index contributed by atoms with van der Waals surface area (Å²) in [5, 5.41) is 0. The van der Waals surface area contributed by atoms with Crippen LogP contribution < -0.4 is 0 Å². The van der Waals surface area contributed by atoms with Crippen LogP contribution in [0.15, 0.2) is 76.6 Å². The molecule has 3 nitrogen and oxygen atoms in total. The van der Waals surface area contributed by atoms with Crippen molar-refractivity contribution < 1.29 is 13.2 Å². The molecule has 2 unspecified atom stereocenters. The number of allylic oxidation sites excluding steroid dienone is 4. The molecule has 35 heavy (non-hydrogen) atoms. The van der Waals surface area contributed by atoms with E-state index in [1.165, 1.54) is 57.8 Å². The van der Waals surface area contributed by atoms with Crippen LogP contribution in [0.5, 0.6) is 0 Å². The number of sulfone groups is 1. The zero-order valence-electron chi connectivity index (χ0n) is 21.0. The highest BCUT2D eigenvalue weighted by atomic mass is 32.2. The zero-order valence-corrected chi connectivity index (χ0v) is 21.8. The Kier molecular flexibility index (Phi) is 7.42. The molecule has 4 aliphatic rings. The second-order valence-corrected chi connectivity index (χ2v) is 13.3. The van der Waals surface area contributed by atoms with E-state index < -0.39 is 14.6 Å². The fourth-order valence-corrected chi connectivity index (χ4v) is 10.0. The maximum atomic E-state index is 14.7. The largest absolute Gasteiger partial charge is 0.493 e. The molecular weight excluding hydrogens is 452 g/mol. The van der Waals surface area contributed by atoms with Crippen LogP contribution in [0.4, 0.5) is 0 Å². The van der Waals surface area contributed by atoms with E-state index in [4.69, 9.17) is 4.74 Å². The van der Waals surface area contributed by atoms with Crippen LogP contribution in [0.3, 0.4) is 0 Å². The molecule has 1 aromatic carbocycles. The van der Waals surface area contributed by atoms with Gasteiger partial charge in [-0.1, -0.05) is 82.4 Å². The summed E-state index contributed by atoms with van der Waals surface area (Å²) in [6.07, 6.45) is 24.1. The Bertz CT molecular complexity index is 1110.